The topological polar surface area (TPSA) is 38.4 Å². The van der Waals surface area contributed by atoms with Gasteiger partial charge in [0, 0.05) is 0 Å². The highest BCUT2D eigenvalue weighted by molar-refractivity contribution is 6.01. The van der Waals surface area contributed by atoms with Crippen LogP contribution in [-0.4, -0.2) is 5.84 Å². The van der Waals surface area contributed by atoms with Crippen LogP contribution in [0.25, 0.3) is 0 Å². The number of aliphatic imine (C=N–C) groups is 1. The lowest BCUT2D eigenvalue weighted by molar-refractivity contribution is 0.506. The van der Waals surface area contributed by atoms with Gasteiger partial charge in [-0.2, -0.15) is 0 Å². The molecule has 0 aromatic heterocycles. The van der Waals surface area contributed by atoms with Crippen LogP contribution in [0.2, 0.25) is 0 Å². The Labute approximate surface area is 67.7 Å². The third kappa shape index (κ3) is 0.809. The first-order valence-corrected chi connectivity index (χ1v) is 3.47. The summed E-state index contributed by atoms with van der Waals surface area (Å²) in [6.07, 6.45) is 0. The molecule has 1 heterocycles. The molecule has 2 N–H and O–H groups in total. The van der Waals surface area contributed by atoms with Crippen LogP contribution >= 0.6 is 0 Å². The van der Waals surface area contributed by atoms with Gasteiger partial charge in [0.1, 0.15) is 5.84 Å². The summed E-state index contributed by atoms with van der Waals surface area (Å²) in [5, 5.41) is 0. The van der Waals surface area contributed by atoms with Crippen molar-refractivity contribution in [3.8, 4) is 0 Å². The van der Waals surface area contributed by atoms with Gasteiger partial charge in [0.15, 0.2) is 11.6 Å². The summed E-state index contributed by atoms with van der Waals surface area (Å²) >= 11 is 0. The molecule has 0 saturated heterocycles. The Bertz CT molecular complexity index is 372. The second-order valence-electron chi connectivity index (χ2n) is 2.60. The molecule has 1 aromatic carbocycles. The summed E-state index contributed by atoms with van der Waals surface area (Å²) < 4.78 is 25.7. The fraction of sp³-hybridized carbons (Fsp3) is 0.125. The van der Waals surface area contributed by atoms with E-state index in [-0.39, 0.29) is 11.4 Å². The minimum Gasteiger partial charge on any atom is -0.383 e. The molecule has 62 valence electrons. The predicted molar refractivity (Wildman–Crippen MR) is 40.8 cm³/mol. The normalized spacial score (nSPS) is 14.3. The highest BCUT2D eigenvalue weighted by atomic mass is 19.2. The van der Waals surface area contributed by atoms with E-state index in [0.717, 1.165) is 6.07 Å². The summed E-state index contributed by atoms with van der Waals surface area (Å²) in [6, 6.07) is 2.58. The van der Waals surface area contributed by atoms with Gasteiger partial charge in [-0.15, -0.1) is 0 Å². The van der Waals surface area contributed by atoms with E-state index in [1.54, 1.807) is 0 Å². The predicted octanol–water partition coefficient (Wildman–Crippen LogP) is 1.18. The number of nitrogens with zero attached hydrogens (tertiary/aromatic N) is 1. The van der Waals surface area contributed by atoms with Crippen LogP contribution in [0, 0.1) is 11.6 Å². The van der Waals surface area contributed by atoms with Crippen molar-refractivity contribution in [3.63, 3.8) is 0 Å². The van der Waals surface area contributed by atoms with E-state index < -0.39 is 11.6 Å². The van der Waals surface area contributed by atoms with E-state index >= 15 is 0 Å². The molecule has 0 radical (unpaired) electrons. The number of benzene rings is 1. The second kappa shape index (κ2) is 2.27. The second-order valence-corrected chi connectivity index (χ2v) is 2.60. The van der Waals surface area contributed by atoms with E-state index in [4.69, 9.17) is 5.73 Å². The zero-order valence-corrected chi connectivity index (χ0v) is 6.14. The largest absolute Gasteiger partial charge is 0.383 e. The molecule has 0 saturated carbocycles. The van der Waals surface area contributed by atoms with E-state index in [9.17, 15) is 8.78 Å². The lowest BCUT2D eigenvalue weighted by atomic mass is 10.1. The summed E-state index contributed by atoms with van der Waals surface area (Å²) in [4.78, 5) is 3.79. The number of rotatable bonds is 0. The van der Waals surface area contributed by atoms with Crippen molar-refractivity contribution in [2.75, 3.05) is 0 Å². The lowest BCUT2D eigenvalue weighted by Crippen LogP contribution is -2.13. The van der Waals surface area contributed by atoms with Crippen LogP contribution in [0.3, 0.4) is 0 Å². The molecule has 2 rings (SSSR count). The summed E-state index contributed by atoms with van der Waals surface area (Å²) in [6.45, 7) is 0.346. The first-order valence-electron chi connectivity index (χ1n) is 3.47. The first kappa shape index (κ1) is 7.21. The van der Waals surface area contributed by atoms with E-state index in [0.29, 0.717) is 12.1 Å². The van der Waals surface area contributed by atoms with Gasteiger partial charge in [-0.1, -0.05) is 6.07 Å². The number of halogens is 2. The minimum absolute atomic E-state index is 0.0852. The highest BCUT2D eigenvalue weighted by Crippen LogP contribution is 2.21. The monoisotopic (exact) mass is 168 g/mol. The molecule has 12 heavy (non-hydrogen) atoms. The van der Waals surface area contributed by atoms with Crippen LogP contribution in [0.15, 0.2) is 17.1 Å². The third-order valence-electron chi connectivity index (χ3n) is 1.86. The average Bonchev–Trinajstić information content (AvgIpc) is 2.41. The lowest BCUT2D eigenvalue weighted by Gasteiger charge is -2.00. The van der Waals surface area contributed by atoms with Crippen LogP contribution < -0.4 is 5.73 Å². The zero-order valence-electron chi connectivity index (χ0n) is 6.14. The summed E-state index contributed by atoms with van der Waals surface area (Å²) in [5.74, 6) is -1.69. The molecule has 4 heteroatoms. The molecule has 0 aliphatic carbocycles. The SMILES string of the molecule is NC1=NCc2ccc(F)c(F)c21. The van der Waals surface area contributed by atoms with Crippen molar-refractivity contribution >= 4 is 5.84 Å². The Hall–Kier alpha value is -1.45. The molecule has 0 amide bonds. The molecule has 0 unspecified atom stereocenters. The molecule has 1 aromatic rings. The first-order chi connectivity index (χ1) is 5.70. The highest BCUT2D eigenvalue weighted by Gasteiger charge is 2.20. The van der Waals surface area contributed by atoms with Crippen molar-refractivity contribution in [1.29, 1.82) is 0 Å². The van der Waals surface area contributed by atoms with Crippen LogP contribution in [-0.2, 0) is 6.54 Å². The quantitative estimate of drug-likeness (QED) is 0.620. The van der Waals surface area contributed by atoms with Gasteiger partial charge >= 0.3 is 0 Å². The molecular weight excluding hydrogens is 162 g/mol. The Morgan fingerprint density at radius 1 is 1.33 bits per heavy atom. The Morgan fingerprint density at radius 3 is 2.83 bits per heavy atom. The maximum Gasteiger partial charge on any atom is 0.170 e. The number of amidine groups is 1. The molecule has 0 atom stereocenters. The summed E-state index contributed by atoms with van der Waals surface area (Å²) in [7, 11) is 0. The van der Waals surface area contributed by atoms with Gasteiger partial charge < -0.3 is 5.73 Å². The number of hydrogen-bond donors (Lipinski definition) is 1. The third-order valence-corrected chi connectivity index (χ3v) is 1.86. The van der Waals surface area contributed by atoms with Crippen molar-refractivity contribution in [3.05, 3.63) is 34.9 Å². The molecule has 0 fully saturated rings. The van der Waals surface area contributed by atoms with E-state index in [1.165, 1.54) is 6.07 Å². The van der Waals surface area contributed by atoms with Gasteiger partial charge in [-0.25, -0.2) is 8.78 Å². The fourth-order valence-electron chi connectivity index (χ4n) is 1.25. The van der Waals surface area contributed by atoms with E-state index in [1.807, 2.05) is 0 Å². The molecule has 2 nitrogen and oxygen atoms in total. The van der Waals surface area contributed by atoms with Crippen molar-refractivity contribution in [2.24, 2.45) is 10.7 Å². The molecule has 0 spiro atoms. The molecule has 1 aliphatic heterocycles. The molecule has 0 bridgehead atoms. The maximum absolute atomic E-state index is 13.0. The fourth-order valence-corrected chi connectivity index (χ4v) is 1.25. The van der Waals surface area contributed by atoms with Gasteiger partial charge in [-0.05, 0) is 11.6 Å². The molecular formula is C8H6F2N2. The van der Waals surface area contributed by atoms with Crippen molar-refractivity contribution < 1.29 is 8.78 Å². The molecule has 1 aliphatic rings. The van der Waals surface area contributed by atoms with Crippen LogP contribution in [0.1, 0.15) is 11.1 Å². The van der Waals surface area contributed by atoms with Crippen LogP contribution in [0.5, 0.6) is 0 Å². The maximum atomic E-state index is 13.0. The zero-order chi connectivity index (χ0) is 8.72. The van der Waals surface area contributed by atoms with Gasteiger partial charge in [0.25, 0.3) is 0 Å². The van der Waals surface area contributed by atoms with Crippen molar-refractivity contribution in [1.82, 2.24) is 0 Å². The Balaban J connectivity index is 2.70. The number of nitrogens with two attached hydrogens (primary N) is 1. The Morgan fingerprint density at radius 2 is 2.08 bits per heavy atom. The van der Waals surface area contributed by atoms with Crippen molar-refractivity contribution in [2.45, 2.75) is 6.54 Å². The standard InChI is InChI=1S/C8H6F2N2/c9-5-2-1-4-3-12-8(11)6(4)7(5)10/h1-2H,3H2,(H2,11,12). The smallest absolute Gasteiger partial charge is 0.170 e. The van der Waals surface area contributed by atoms with Gasteiger partial charge in [0.2, 0.25) is 0 Å². The van der Waals surface area contributed by atoms with E-state index in [2.05, 4.69) is 4.99 Å². The minimum atomic E-state index is -0.897. The number of hydrogen-bond acceptors (Lipinski definition) is 2. The average molecular weight is 168 g/mol. The van der Waals surface area contributed by atoms with Gasteiger partial charge in [-0.3, -0.25) is 4.99 Å². The number of fused-ring (bicyclic) bond motifs is 1. The Kier molecular flexibility index (Phi) is 1.36. The van der Waals surface area contributed by atoms with Crippen LogP contribution in [0.4, 0.5) is 8.78 Å². The summed E-state index contributed by atoms with van der Waals surface area (Å²) in [5.41, 5.74) is 6.12. The van der Waals surface area contributed by atoms with Gasteiger partial charge in [0.05, 0.1) is 12.1 Å².